The average molecular weight is 241 g/mol. The van der Waals surface area contributed by atoms with E-state index in [2.05, 4.69) is 0 Å². The molecular weight excluding hydrogens is 222 g/mol. The van der Waals surface area contributed by atoms with Gasteiger partial charge in [-0.3, -0.25) is 14.5 Å². The van der Waals surface area contributed by atoms with Gasteiger partial charge in [-0.1, -0.05) is 13.8 Å². The summed E-state index contributed by atoms with van der Waals surface area (Å²) in [7, 11) is 0. The monoisotopic (exact) mass is 241 g/mol. The van der Waals surface area contributed by atoms with E-state index in [4.69, 9.17) is 5.11 Å². The summed E-state index contributed by atoms with van der Waals surface area (Å²) < 4.78 is 0. The molecule has 0 spiro atoms. The first kappa shape index (κ1) is 13.7. The number of carbonyl (C=O) groups is 3. The molecule has 1 rings (SSSR count). The lowest BCUT2D eigenvalue weighted by Gasteiger charge is -2.27. The number of amides is 2. The lowest BCUT2D eigenvalue weighted by molar-refractivity contribution is -0.158. The minimum atomic E-state index is -1.10. The topological polar surface area (TPSA) is 74.7 Å². The fraction of sp³-hybridized carbons (Fsp3) is 0.750. The largest absolute Gasteiger partial charge is 0.480 e. The van der Waals surface area contributed by atoms with Crippen LogP contribution < -0.4 is 0 Å². The highest BCUT2D eigenvalue weighted by Crippen LogP contribution is 2.19. The molecule has 1 aliphatic rings. The van der Waals surface area contributed by atoms with E-state index in [0.717, 1.165) is 4.90 Å². The van der Waals surface area contributed by atoms with E-state index in [1.807, 2.05) is 13.8 Å². The first-order valence-corrected chi connectivity index (χ1v) is 6.01. The maximum Gasteiger partial charge on any atom is 0.326 e. The molecule has 0 saturated carbocycles. The van der Waals surface area contributed by atoms with Crippen LogP contribution in [0.25, 0.3) is 0 Å². The van der Waals surface area contributed by atoms with Crippen molar-refractivity contribution in [3.05, 3.63) is 0 Å². The summed E-state index contributed by atoms with van der Waals surface area (Å²) in [5.74, 6) is -1.66. The normalized spacial score (nSPS) is 19.4. The minimum absolute atomic E-state index is 0.125. The maximum absolute atomic E-state index is 11.8. The van der Waals surface area contributed by atoms with Gasteiger partial charge in [0.25, 0.3) is 0 Å². The lowest BCUT2D eigenvalue weighted by atomic mass is 10.0. The Labute approximate surface area is 101 Å². The van der Waals surface area contributed by atoms with Crippen LogP contribution >= 0.6 is 0 Å². The van der Waals surface area contributed by atoms with E-state index in [9.17, 15) is 14.4 Å². The minimum Gasteiger partial charge on any atom is -0.480 e. The van der Waals surface area contributed by atoms with Crippen LogP contribution in [0.15, 0.2) is 0 Å². The number of nitrogens with zero attached hydrogens (tertiary/aromatic N) is 1. The first-order chi connectivity index (χ1) is 7.93. The molecule has 17 heavy (non-hydrogen) atoms. The number of carboxylic acids is 1. The molecule has 0 aromatic rings. The molecule has 5 heteroatoms. The molecule has 0 aliphatic carbocycles. The summed E-state index contributed by atoms with van der Waals surface area (Å²) >= 11 is 0. The number of carboxylic acid groups (broad SMARTS) is 1. The molecule has 0 bridgehead atoms. The molecule has 5 nitrogen and oxygen atoms in total. The molecule has 2 amide bonds. The Morgan fingerprint density at radius 1 is 1.24 bits per heavy atom. The van der Waals surface area contributed by atoms with Gasteiger partial charge in [-0.25, -0.2) is 4.79 Å². The van der Waals surface area contributed by atoms with Gasteiger partial charge in [0.1, 0.15) is 6.04 Å². The van der Waals surface area contributed by atoms with Crippen LogP contribution in [0.1, 0.15) is 46.0 Å². The highest BCUT2D eigenvalue weighted by Gasteiger charge is 2.35. The van der Waals surface area contributed by atoms with Crippen molar-refractivity contribution in [2.45, 2.75) is 52.0 Å². The lowest BCUT2D eigenvalue weighted by Crippen LogP contribution is -2.48. The Kier molecular flexibility index (Phi) is 4.66. The van der Waals surface area contributed by atoms with Crippen molar-refractivity contribution in [3.8, 4) is 0 Å². The van der Waals surface area contributed by atoms with Crippen LogP contribution in [0.2, 0.25) is 0 Å². The number of hydrogen-bond donors (Lipinski definition) is 1. The van der Waals surface area contributed by atoms with Gasteiger partial charge in [0.05, 0.1) is 0 Å². The molecule has 0 radical (unpaired) electrons. The summed E-state index contributed by atoms with van der Waals surface area (Å²) in [5, 5.41) is 9.16. The second-order valence-corrected chi connectivity index (χ2v) is 4.85. The van der Waals surface area contributed by atoms with Crippen molar-refractivity contribution in [2.24, 2.45) is 5.92 Å². The van der Waals surface area contributed by atoms with Crippen LogP contribution in [0.3, 0.4) is 0 Å². The molecule has 1 fully saturated rings. The predicted molar refractivity (Wildman–Crippen MR) is 61.2 cm³/mol. The zero-order valence-corrected chi connectivity index (χ0v) is 10.3. The average Bonchev–Trinajstić information content (AvgIpc) is 2.37. The van der Waals surface area contributed by atoms with Crippen LogP contribution in [-0.4, -0.2) is 33.8 Å². The third-order valence-corrected chi connectivity index (χ3v) is 2.86. The van der Waals surface area contributed by atoms with Gasteiger partial charge in [-0.2, -0.15) is 0 Å². The predicted octanol–water partition coefficient (Wildman–Crippen LogP) is 1.41. The van der Waals surface area contributed by atoms with Crippen molar-refractivity contribution < 1.29 is 19.5 Å². The Morgan fingerprint density at radius 3 is 2.06 bits per heavy atom. The molecule has 1 N–H and O–H groups in total. The van der Waals surface area contributed by atoms with Gasteiger partial charge in [0.2, 0.25) is 11.8 Å². The molecule has 1 aliphatic heterocycles. The van der Waals surface area contributed by atoms with E-state index in [-0.39, 0.29) is 30.6 Å². The quantitative estimate of drug-likeness (QED) is 0.755. The second-order valence-electron chi connectivity index (χ2n) is 4.85. The third kappa shape index (κ3) is 3.54. The van der Waals surface area contributed by atoms with Crippen LogP contribution in [-0.2, 0) is 14.4 Å². The van der Waals surface area contributed by atoms with Crippen LogP contribution in [0, 0.1) is 5.92 Å². The molecule has 1 saturated heterocycles. The maximum atomic E-state index is 11.8. The van der Waals surface area contributed by atoms with Gasteiger partial charge in [-0.05, 0) is 25.2 Å². The highest BCUT2D eigenvalue weighted by molar-refractivity contribution is 5.99. The van der Waals surface area contributed by atoms with Gasteiger partial charge in [0.15, 0.2) is 0 Å². The summed E-state index contributed by atoms with van der Waals surface area (Å²) in [6.45, 7) is 3.76. The van der Waals surface area contributed by atoms with E-state index >= 15 is 0 Å². The van der Waals surface area contributed by atoms with Gasteiger partial charge >= 0.3 is 5.97 Å². The Bertz CT molecular complexity index is 306. The highest BCUT2D eigenvalue weighted by atomic mass is 16.4. The summed E-state index contributed by atoms with van der Waals surface area (Å²) in [5.41, 5.74) is 0. The molecule has 1 heterocycles. The van der Waals surface area contributed by atoms with Gasteiger partial charge in [-0.15, -0.1) is 0 Å². The van der Waals surface area contributed by atoms with Gasteiger partial charge < -0.3 is 5.11 Å². The fourth-order valence-corrected chi connectivity index (χ4v) is 2.04. The molecular formula is C12H19NO4. The zero-order chi connectivity index (χ0) is 13.0. The first-order valence-electron chi connectivity index (χ1n) is 6.01. The fourth-order valence-electron chi connectivity index (χ4n) is 2.04. The second kappa shape index (κ2) is 5.80. The summed E-state index contributed by atoms with van der Waals surface area (Å²) in [6.07, 6.45) is 2.18. The molecule has 0 aromatic carbocycles. The number of aliphatic carboxylic acids is 1. The number of likely N-dealkylation sites (tertiary alicyclic amines) is 1. The Hall–Kier alpha value is -1.39. The number of imide groups is 1. The Balaban J connectivity index is 2.92. The van der Waals surface area contributed by atoms with Crippen molar-refractivity contribution in [3.63, 3.8) is 0 Å². The summed E-state index contributed by atoms with van der Waals surface area (Å²) in [4.78, 5) is 35.7. The van der Waals surface area contributed by atoms with Crippen molar-refractivity contribution >= 4 is 17.8 Å². The van der Waals surface area contributed by atoms with Crippen molar-refractivity contribution in [1.29, 1.82) is 0 Å². The number of hydrogen-bond acceptors (Lipinski definition) is 3. The van der Waals surface area contributed by atoms with E-state index in [1.54, 1.807) is 0 Å². The number of rotatable bonds is 4. The SMILES string of the molecule is CC(C)C[C@@H](C(=O)O)N1C(=O)CCCCC1=O. The molecule has 96 valence electrons. The van der Waals surface area contributed by atoms with Crippen LogP contribution in [0.5, 0.6) is 0 Å². The standard InChI is InChI=1S/C12H19NO4/c1-8(2)7-9(12(16)17)13-10(14)5-3-4-6-11(13)15/h8-9H,3-7H2,1-2H3,(H,16,17)/t9-/m0/s1. The molecule has 0 unspecified atom stereocenters. The summed E-state index contributed by atoms with van der Waals surface area (Å²) in [6, 6.07) is -1.01. The Morgan fingerprint density at radius 2 is 1.71 bits per heavy atom. The van der Waals surface area contributed by atoms with Crippen LogP contribution in [0.4, 0.5) is 0 Å². The smallest absolute Gasteiger partial charge is 0.326 e. The van der Waals surface area contributed by atoms with E-state index in [0.29, 0.717) is 19.3 Å². The van der Waals surface area contributed by atoms with E-state index < -0.39 is 12.0 Å². The third-order valence-electron chi connectivity index (χ3n) is 2.86. The van der Waals surface area contributed by atoms with Crippen molar-refractivity contribution in [1.82, 2.24) is 4.90 Å². The van der Waals surface area contributed by atoms with E-state index in [1.165, 1.54) is 0 Å². The zero-order valence-electron chi connectivity index (χ0n) is 10.3. The molecule has 0 aromatic heterocycles. The number of carbonyl (C=O) groups excluding carboxylic acids is 2. The van der Waals surface area contributed by atoms with Gasteiger partial charge in [0, 0.05) is 12.8 Å². The van der Waals surface area contributed by atoms with Crippen molar-refractivity contribution in [2.75, 3.05) is 0 Å². The molecule has 1 atom stereocenters.